The maximum Gasteiger partial charge on any atom is 0.269 e. The van der Waals surface area contributed by atoms with Gasteiger partial charge in [0.2, 0.25) is 5.91 Å². The molecule has 142 valence electrons. The van der Waals surface area contributed by atoms with Gasteiger partial charge in [0.1, 0.15) is 0 Å². The van der Waals surface area contributed by atoms with Crippen molar-refractivity contribution in [1.29, 1.82) is 0 Å². The van der Waals surface area contributed by atoms with Crippen LogP contribution in [0.4, 0.5) is 11.4 Å². The Morgan fingerprint density at radius 3 is 2.42 bits per heavy atom. The number of hydrogen-bond acceptors (Lipinski definition) is 5. The minimum absolute atomic E-state index is 0.116. The number of piperidine rings is 1. The molecule has 2 aliphatic heterocycles. The molecule has 1 amide bonds. The molecule has 7 heteroatoms. The number of nitrogens with zero attached hydrogens (tertiary/aromatic N) is 4. The number of nitro benzene ring substituents is 1. The molecule has 0 aromatic heterocycles. The smallest absolute Gasteiger partial charge is 0.269 e. The topological polar surface area (TPSA) is 69.9 Å². The van der Waals surface area contributed by atoms with Gasteiger partial charge in [0.05, 0.1) is 11.5 Å². The number of hydrogen-bond donors (Lipinski definition) is 0. The fourth-order valence-corrected chi connectivity index (χ4v) is 3.98. The van der Waals surface area contributed by atoms with Gasteiger partial charge in [-0.15, -0.1) is 0 Å². The second-order valence-corrected chi connectivity index (χ2v) is 7.18. The molecule has 1 atom stereocenters. The van der Waals surface area contributed by atoms with E-state index in [1.165, 1.54) is 6.42 Å². The molecule has 7 nitrogen and oxygen atoms in total. The maximum atomic E-state index is 12.7. The highest BCUT2D eigenvalue weighted by molar-refractivity contribution is 5.78. The average Bonchev–Trinajstić information content (AvgIpc) is 2.68. The van der Waals surface area contributed by atoms with E-state index in [1.54, 1.807) is 24.3 Å². The Morgan fingerprint density at radius 2 is 1.81 bits per heavy atom. The van der Waals surface area contributed by atoms with Crippen LogP contribution in [0.15, 0.2) is 24.3 Å². The summed E-state index contributed by atoms with van der Waals surface area (Å²) in [4.78, 5) is 29.6. The van der Waals surface area contributed by atoms with Crippen LogP contribution in [0.1, 0.15) is 32.6 Å². The minimum atomic E-state index is -0.377. The van der Waals surface area contributed by atoms with Gasteiger partial charge in [-0.25, -0.2) is 0 Å². The van der Waals surface area contributed by atoms with E-state index in [0.717, 1.165) is 57.7 Å². The van der Waals surface area contributed by atoms with Crippen molar-refractivity contribution in [3.05, 3.63) is 34.4 Å². The largest absolute Gasteiger partial charge is 0.369 e. The molecule has 0 spiro atoms. The molecule has 0 aliphatic carbocycles. The van der Waals surface area contributed by atoms with Gasteiger partial charge in [-0.2, -0.15) is 0 Å². The van der Waals surface area contributed by atoms with E-state index in [0.29, 0.717) is 12.6 Å². The van der Waals surface area contributed by atoms with Gasteiger partial charge in [-0.1, -0.05) is 6.92 Å². The van der Waals surface area contributed by atoms with Crippen LogP contribution >= 0.6 is 0 Å². The fourth-order valence-electron chi connectivity index (χ4n) is 3.98. The molecule has 3 rings (SSSR count). The third kappa shape index (κ3) is 4.33. The van der Waals surface area contributed by atoms with Crippen LogP contribution in [-0.4, -0.2) is 65.9 Å². The molecule has 1 aromatic rings. The van der Waals surface area contributed by atoms with Crippen LogP contribution in [0, 0.1) is 10.1 Å². The van der Waals surface area contributed by atoms with Crippen molar-refractivity contribution in [2.75, 3.05) is 44.2 Å². The number of amides is 1. The number of non-ortho nitro benzene ring substituents is 1. The van der Waals surface area contributed by atoms with Crippen LogP contribution in [-0.2, 0) is 4.79 Å². The molecular weight excluding hydrogens is 332 g/mol. The fraction of sp³-hybridized carbons (Fsp3) is 0.632. The minimum Gasteiger partial charge on any atom is -0.369 e. The summed E-state index contributed by atoms with van der Waals surface area (Å²) in [5.74, 6) is 0.264. The summed E-state index contributed by atoms with van der Waals surface area (Å²) in [5, 5.41) is 10.8. The molecule has 2 aliphatic rings. The monoisotopic (exact) mass is 360 g/mol. The van der Waals surface area contributed by atoms with Crippen molar-refractivity contribution < 1.29 is 9.72 Å². The normalized spacial score (nSPS) is 21.7. The van der Waals surface area contributed by atoms with Crippen molar-refractivity contribution in [2.45, 2.75) is 38.6 Å². The van der Waals surface area contributed by atoms with Gasteiger partial charge in [-0.05, 0) is 37.8 Å². The van der Waals surface area contributed by atoms with Gasteiger partial charge in [0, 0.05) is 56.6 Å². The first-order valence-electron chi connectivity index (χ1n) is 9.59. The molecule has 2 heterocycles. The van der Waals surface area contributed by atoms with Gasteiger partial charge >= 0.3 is 0 Å². The Bertz CT molecular complexity index is 626. The standard InChI is InChI=1S/C19H28N4O3/c1-2-16-5-3-4-10-22(16)19(24)15-20-11-13-21(14-12-20)17-6-8-18(9-7-17)23(25)26/h6-9,16H,2-5,10-15H2,1H3/t16-/m0/s1. The van der Waals surface area contributed by atoms with E-state index in [9.17, 15) is 14.9 Å². The highest BCUT2D eigenvalue weighted by Crippen LogP contribution is 2.22. The Morgan fingerprint density at radius 1 is 1.12 bits per heavy atom. The summed E-state index contributed by atoms with van der Waals surface area (Å²) in [6.45, 7) is 6.93. The third-order valence-corrected chi connectivity index (χ3v) is 5.58. The zero-order chi connectivity index (χ0) is 18.5. The lowest BCUT2D eigenvalue weighted by atomic mass is 10.00. The molecule has 2 saturated heterocycles. The molecular formula is C19H28N4O3. The van der Waals surface area contributed by atoms with Crippen LogP contribution in [0.25, 0.3) is 0 Å². The first-order valence-corrected chi connectivity index (χ1v) is 9.59. The number of piperazine rings is 1. The van der Waals surface area contributed by atoms with Crippen LogP contribution < -0.4 is 4.90 Å². The van der Waals surface area contributed by atoms with Crippen molar-refractivity contribution in [3.8, 4) is 0 Å². The molecule has 26 heavy (non-hydrogen) atoms. The lowest BCUT2D eigenvalue weighted by Crippen LogP contribution is -2.52. The Hall–Kier alpha value is -2.15. The third-order valence-electron chi connectivity index (χ3n) is 5.58. The predicted molar refractivity (Wildman–Crippen MR) is 101 cm³/mol. The van der Waals surface area contributed by atoms with Crippen LogP contribution in [0.5, 0.6) is 0 Å². The molecule has 0 bridgehead atoms. The van der Waals surface area contributed by atoms with E-state index in [-0.39, 0.29) is 16.5 Å². The summed E-state index contributed by atoms with van der Waals surface area (Å²) in [7, 11) is 0. The molecule has 1 aromatic carbocycles. The van der Waals surface area contributed by atoms with Gasteiger partial charge < -0.3 is 9.80 Å². The van der Waals surface area contributed by atoms with E-state index in [2.05, 4.69) is 21.6 Å². The second kappa shape index (κ2) is 8.49. The van der Waals surface area contributed by atoms with Gasteiger partial charge in [-0.3, -0.25) is 19.8 Å². The van der Waals surface area contributed by atoms with E-state index in [1.807, 2.05) is 0 Å². The zero-order valence-corrected chi connectivity index (χ0v) is 15.5. The van der Waals surface area contributed by atoms with E-state index < -0.39 is 0 Å². The Labute approximate surface area is 154 Å². The van der Waals surface area contributed by atoms with Crippen molar-refractivity contribution in [2.24, 2.45) is 0 Å². The number of rotatable bonds is 5. The SMILES string of the molecule is CC[C@H]1CCCCN1C(=O)CN1CCN(c2ccc([N+](=O)[O-])cc2)CC1. The number of nitro groups is 1. The van der Waals surface area contributed by atoms with E-state index in [4.69, 9.17) is 0 Å². The average molecular weight is 360 g/mol. The van der Waals surface area contributed by atoms with Crippen molar-refractivity contribution in [3.63, 3.8) is 0 Å². The first-order chi connectivity index (χ1) is 12.6. The summed E-state index contributed by atoms with van der Waals surface area (Å²) in [5.41, 5.74) is 1.12. The summed E-state index contributed by atoms with van der Waals surface area (Å²) < 4.78 is 0. The second-order valence-electron chi connectivity index (χ2n) is 7.18. The van der Waals surface area contributed by atoms with Gasteiger partial charge in [0.25, 0.3) is 5.69 Å². The number of likely N-dealkylation sites (tertiary alicyclic amines) is 1. The summed E-state index contributed by atoms with van der Waals surface area (Å²) >= 11 is 0. The summed E-state index contributed by atoms with van der Waals surface area (Å²) in [6, 6.07) is 7.12. The highest BCUT2D eigenvalue weighted by atomic mass is 16.6. The Kier molecular flexibility index (Phi) is 6.08. The number of benzene rings is 1. The molecule has 0 N–H and O–H groups in total. The van der Waals surface area contributed by atoms with Crippen molar-refractivity contribution in [1.82, 2.24) is 9.80 Å². The van der Waals surface area contributed by atoms with Gasteiger partial charge in [0.15, 0.2) is 0 Å². The van der Waals surface area contributed by atoms with Crippen LogP contribution in [0.3, 0.4) is 0 Å². The predicted octanol–water partition coefficient (Wildman–Crippen LogP) is 2.51. The number of anilines is 1. The van der Waals surface area contributed by atoms with Crippen molar-refractivity contribution >= 4 is 17.3 Å². The Balaban J connectivity index is 1.50. The lowest BCUT2D eigenvalue weighted by Gasteiger charge is -2.39. The molecule has 0 unspecified atom stereocenters. The highest BCUT2D eigenvalue weighted by Gasteiger charge is 2.27. The zero-order valence-electron chi connectivity index (χ0n) is 15.5. The number of carbonyl (C=O) groups excluding carboxylic acids is 1. The lowest BCUT2D eigenvalue weighted by molar-refractivity contribution is -0.384. The first kappa shape index (κ1) is 18.6. The maximum absolute atomic E-state index is 12.7. The molecule has 0 saturated carbocycles. The van der Waals surface area contributed by atoms with Crippen LogP contribution in [0.2, 0.25) is 0 Å². The molecule has 0 radical (unpaired) electrons. The van der Waals surface area contributed by atoms with E-state index >= 15 is 0 Å². The summed E-state index contributed by atoms with van der Waals surface area (Å²) in [6.07, 6.45) is 4.53. The quantitative estimate of drug-likeness (QED) is 0.596. The molecule has 2 fully saturated rings. The number of carbonyl (C=O) groups is 1.